The highest BCUT2D eigenvalue weighted by molar-refractivity contribution is 6.51. The maximum Gasteiger partial charge on any atom is 0.300 e. The van der Waals surface area contributed by atoms with Crippen LogP contribution in [0.1, 0.15) is 56.0 Å². The number of hydrogen-bond acceptors (Lipinski definition) is 5. The van der Waals surface area contributed by atoms with Crippen molar-refractivity contribution in [3.8, 4) is 11.5 Å². The van der Waals surface area contributed by atoms with E-state index >= 15 is 0 Å². The molecule has 0 radical (unpaired) electrons. The molecule has 1 heterocycles. The summed E-state index contributed by atoms with van der Waals surface area (Å²) in [7, 11) is 0. The standard InChI is InChI=1S/C30H31NO5/c1-6-36-24-15-12-20(17-23(24)30(3,4)5)27(33)25-26(19-10-13-22(32)14-11-19)31(29(35)28(25)34)21-9-7-8-18(2)16-21/h7-17,26,32-33H,6H2,1-5H3/b27-25-. The Morgan fingerprint density at radius 2 is 1.69 bits per heavy atom. The van der Waals surface area contributed by atoms with Crippen LogP contribution in [0.3, 0.4) is 0 Å². The molecule has 0 bridgehead atoms. The van der Waals surface area contributed by atoms with Crippen LogP contribution in [-0.2, 0) is 15.0 Å². The zero-order chi connectivity index (χ0) is 26.2. The van der Waals surface area contributed by atoms with E-state index in [-0.39, 0.29) is 22.5 Å². The van der Waals surface area contributed by atoms with Crippen molar-refractivity contribution in [3.05, 3.63) is 94.6 Å². The molecule has 36 heavy (non-hydrogen) atoms. The number of carbonyl (C=O) groups is 2. The molecule has 3 aromatic carbocycles. The topological polar surface area (TPSA) is 87.1 Å². The number of phenols is 1. The van der Waals surface area contributed by atoms with Crippen molar-refractivity contribution in [3.63, 3.8) is 0 Å². The molecule has 6 nitrogen and oxygen atoms in total. The number of anilines is 1. The van der Waals surface area contributed by atoms with Crippen LogP contribution in [0.25, 0.3) is 5.76 Å². The molecule has 6 heteroatoms. The van der Waals surface area contributed by atoms with Gasteiger partial charge in [0.15, 0.2) is 0 Å². The minimum Gasteiger partial charge on any atom is -0.508 e. The maximum atomic E-state index is 13.4. The number of nitrogens with zero attached hydrogens (tertiary/aromatic N) is 1. The van der Waals surface area contributed by atoms with Gasteiger partial charge in [-0.15, -0.1) is 0 Å². The number of aryl methyl sites for hydroxylation is 1. The molecule has 1 aliphatic rings. The van der Waals surface area contributed by atoms with Gasteiger partial charge in [0.2, 0.25) is 0 Å². The van der Waals surface area contributed by atoms with E-state index in [1.807, 2.05) is 58.9 Å². The van der Waals surface area contributed by atoms with E-state index in [9.17, 15) is 19.8 Å². The molecule has 1 saturated heterocycles. The molecule has 0 saturated carbocycles. The van der Waals surface area contributed by atoms with Gasteiger partial charge in [-0.05, 0) is 72.9 Å². The lowest BCUT2D eigenvalue weighted by molar-refractivity contribution is -0.132. The summed E-state index contributed by atoms with van der Waals surface area (Å²) in [6, 6.07) is 18.1. The van der Waals surface area contributed by atoms with Crippen LogP contribution >= 0.6 is 0 Å². The van der Waals surface area contributed by atoms with Crippen molar-refractivity contribution < 1.29 is 24.5 Å². The number of aromatic hydroxyl groups is 1. The van der Waals surface area contributed by atoms with Gasteiger partial charge in [-0.3, -0.25) is 14.5 Å². The van der Waals surface area contributed by atoms with Crippen molar-refractivity contribution in [2.75, 3.05) is 11.5 Å². The van der Waals surface area contributed by atoms with Gasteiger partial charge < -0.3 is 14.9 Å². The van der Waals surface area contributed by atoms with Crippen molar-refractivity contribution in [1.29, 1.82) is 0 Å². The first kappa shape index (κ1) is 25.0. The first-order valence-corrected chi connectivity index (χ1v) is 12.0. The third kappa shape index (κ3) is 4.59. The van der Waals surface area contributed by atoms with Crippen LogP contribution in [0.5, 0.6) is 11.5 Å². The molecule has 2 N–H and O–H groups in total. The normalized spacial score (nSPS) is 17.5. The largest absolute Gasteiger partial charge is 0.508 e. The predicted octanol–water partition coefficient (Wildman–Crippen LogP) is 6.02. The summed E-state index contributed by atoms with van der Waals surface area (Å²) >= 11 is 0. The van der Waals surface area contributed by atoms with Crippen molar-refractivity contribution >= 4 is 23.1 Å². The lowest BCUT2D eigenvalue weighted by atomic mass is 9.84. The van der Waals surface area contributed by atoms with Crippen molar-refractivity contribution in [1.82, 2.24) is 0 Å². The summed E-state index contributed by atoms with van der Waals surface area (Å²) in [6.45, 7) is 10.4. The van der Waals surface area contributed by atoms with E-state index in [0.717, 1.165) is 11.1 Å². The van der Waals surface area contributed by atoms with Gasteiger partial charge in [0, 0.05) is 16.8 Å². The Morgan fingerprint density at radius 1 is 1.00 bits per heavy atom. The Bertz CT molecular complexity index is 1350. The lowest BCUT2D eigenvalue weighted by Gasteiger charge is -2.26. The Morgan fingerprint density at radius 3 is 2.31 bits per heavy atom. The average Bonchev–Trinajstić information content (AvgIpc) is 3.09. The molecule has 0 aliphatic carbocycles. The first-order valence-electron chi connectivity index (χ1n) is 12.0. The zero-order valence-electron chi connectivity index (χ0n) is 21.2. The number of ketones is 1. The number of phenolic OH excluding ortho intramolecular Hbond substituents is 1. The third-order valence-corrected chi connectivity index (χ3v) is 6.29. The average molecular weight is 486 g/mol. The number of ether oxygens (including phenoxy) is 1. The van der Waals surface area contributed by atoms with Gasteiger partial charge in [-0.1, -0.05) is 45.0 Å². The van der Waals surface area contributed by atoms with Crippen LogP contribution in [-0.4, -0.2) is 28.5 Å². The highest BCUT2D eigenvalue weighted by atomic mass is 16.5. The Hall–Kier alpha value is -4.06. The highest BCUT2D eigenvalue weighted by Crippen LogP contribution is 2.43. The fraction of sp³-hybridized carbons (Fsp3) is 0.267. The summed E-state index contributed by atoms with van der Waals surface area (Å²) in [5.74, 6) is -0.972. The molecule has 1 amide bonds. The lowest BCUT2D eigenvalue weighted by Crippen LogP contribution is -2.29. The summed E-state index contributed by atoms with van der Waals surface area (Å²) in [5.41, 5.74) is 3.09. The van der Waals surface area contributed by atoms with E-state index in [4.69, 9.17) is 4.74 Å². The maximum absolute atomic E-state index is 13.4. The van der Waals surface area contributed by atoms with Crippen LogP contribution in [0.2, 0.25) is 0 Å². The predicted molar refractivity (Wildman–Crippen MR) is 140 cm³/mol. The van der Waals surface area contributed by atoms with Gasteiger partial charge >= 0.3 is 0 Å². The number of aliphatic hydroxyl groups is 1. The van der Waals surface area contributed by atoms with Crippen LogP contribution < -0.4 is 9.64 Å². The first-order chi connectivity index (χ1) is 17.0. The number of carbonyl (C=O) groups excluding carboxylic acids is 2. The van der Waals surface area contributed by atoms with E-state index < -0.39 is 17.7 Å². The van der Waals surface area contributed by atoms with Gasteiger partial charge in [0.1, 0.15) is 17.3 Å². The highest BCUT2D eigenvalue weighted by Gasteiger charge is 2.47. The Kier molecular flexibility index (Phi) is 6.63. The molecular formula is C30H31NO5. The van der Waals surface area contributed by atoms with E-state index in [0.29, 0.717) is 29.2 Å². The summed E-state index contributed by atoms with van der Waals surface area (Å²) in [4.78, 5) is 28.2. The smallest absolute Gasteiger partial charge is 0.300 e. The number of aliphatic hydroxyl groups excluding tert-OH is 1. The van der Waals surface area contributed by atoms with Crippen LogP contribution in [0.4, 0.5) is 5.69 Å². The quantitative estimate of drug-likeness (QED) is 0.262. The molecule has 1 atom stereocenters. The molecule has 0 spiro atoms. The zero-order valence-corrected chi connectivity index (χ0v) is 21.2. The second-order valence-electron chi connectivity index (χ2n) is 9.99. The van der Waals surface area contributed by atoms with E-state index in [1.54, 1.807) is 30.3 Å². The molecule has 1 fully saturated rings. The number of Topliss-reactive ketones (excluding diaryl/α,β-unsaturated/α-hetero) is 1. The van der Waals surface area contributed by atoms with Gasteiger partial charge in [0.05, 0.1) is 18.2 Å². The molecule has 0 aromatic heterocycles. The van der Waals surface area contributed by atoms with E-state index in [2.05, 4.69) is 0 Å². The van der Waals surface area contributed by atoms with Crippen molar-refractivity contribution in [2.24, 2.45) is 0 Å². The number of rotatable bonds is 5. The van der Waals surface area contributed by atoms with Gasteiger partial charge in [-0.25, -0.2) is 0 Å². The summed E-state index contributed by atoms with van der Waals surface area (Å²) in [6.07, 6.45) is 0. The second-order valence-corrected chi connectivity index (χ2v) is 9.99. The van der Waals surface area contributed by atoms with Gasteiger partial charge in [0.25, 0.3) is 11.7 Å². The summed E-state index contributed by atoms with van der Waals surface area (Å²) < 4.78 is 5.80. The molecular weight excluding hydrogens is 454 g/mol. The minimum absolute atomic E-state index is 0.00350. The van der Waals surface area contributed by atoms with E-state index in [1.165, 1.54) is 17.0 Å². The Labute approximate surface area is 211 Å². The van der Waals surface area contributed by atoms with Crippen molar-refractivity contribution in [2.45, 2.75) is 46.1 Å². The van der Waals surface area contributed by atoms with Gasteiger partial charge in [-0.2, -0.15) is 0 Å². The molecule has 3 aromatic rings. The molecule has 1 unspecified atom stereocenters. The minimum atomic E-state index is -0.864. The number of benzene rings is 3. The van der Waals surface area contributed by atoms with Crippen LogP contribution in [0.15, 0.2) is 72.3 Å². The Balaban J connectivity index is 1.95. The third-order valence-electron chi connectivity index (χ3n) is 6.29. The molecule has 186 valence electrons. The number of hydrogen-bond donors (Lipinski definition) is 2. The fourth-order valence-corrected chi connectivity index (χ4v) is 4.55. The monoisotopic (exact) mass is 485 g/mol. The molecule has 4 rings (SSSR count). The molecule has 1 aliphatic heterocycles. The second kappa shape index (κ2) is 9.53. The number of amides is 1. The SMILES string of the molecule is CCOc1ccc(/C(O)=C2/C(=O)C(=O)N(c3cccc(C)c3)C2c2ccc(O)cc2)cc1C(C)(C)C. The fourth-order valence-electron chi connectivity index (χ4n) is 4.55. The summed E-state index contributed by atoms with van der Waals surface area (Å²) in [5, 5.41) is 21.3. The van der Waals surface area contributed by atoms with Crippen LogP contribution in [0, 0.1) is 6.92 Å².